The Morgan fingerprint density at radius 1 is 1.41 bits per heavy atom. The van der Waals surface area contributed by atoms with Crippen LogP contribution in [0.2, 0.25) is 0 Å². The van der Waals surface area contributed by atoms with Crippen molar-refractivity contribution in [3.63, 3.8) is 0 Å². The molecular weight excluding hydrogens is 218 g/mol. The van der Waals surface area contributed by atoms with Crippen LogP contribution in [-0.4, -0.2) is 11.1 Å². The fourth-order valence-electron chi connectivity index (χ4n) is 1.20. The summed E-state index contributed by atoms with van der Waals surface area (Å²) in [7, 11) is 0. The number of aromatic carboxylic acids is 1. The first-order chi connectivity index (χ1) is 8.08. The van der Waals surface area contributed by atoms with Crippen LogP contribution in [0.25, 0.3) is 0 Å². The Morgan fingerprint density at radius 3 is 2.59 bits per heavy atom. The van der Waals surface area contributed by atoms with Gasteiger partial charge in [-0.05, 0) is 24.6 Å². The Kier molecular flexibility index (Phi) is 3.86. The van der Waals surface area contributed by atoms with E-state index in [0.29, 0.717) is 5.69 Å². The van der Waals surface area contributed by atoms with Crippen LogP contribution >= 0.6 is 0 Å². The van der Waals surface area contributed by atoms with Gasteiger partial charge in [-0.2, -0.15) is 10.5 Å². The van der Waals surface area contributed by atoms with Crippen LogP contribution in [0.15, 0.2) is 30.0 Å². The van der Waals surface area contributed by atoms with E-state index in [4.69, 9.17) is 15.6 Å². The zero-order valence-electron chi connectivity index (χ0n) is 9.06. The monoisotopic (exact) mass is 227 g/mol. The molecule has 0 unspecified atom stereocenters. The lowest BCUT2D eigenvalue weighted by molar-refractivity contribution is 0.0698. The summed E-state index contributed by atoms with van der Waals surface area (Å²) in [5, 5.41) is 28.7. The molecule has 1 aromatic rings. The van der Waals surface area contributed by atoms with Gasteiger partial charge in [0.25, 0.3) is 0 Å². The van der Waals surface area contributed by atoms with Crippen molar-refractivity contribution >= 4 is 11.7 Å². The highest BCUT2D eigenvalue weighted by Crippen LogP contribution is 2.17. The molecule has 1 aromatic carbocycles. The van der Waals surface area contributed by atoms with E-state index in [1.165, 1.54) is 12.3 Å². The summed E-state index contributed by atoms with van der Waals surface area (Å²) in [6.45, 7) is 1.82. The molecule has 0 saturated heterocycles. The molecule has 0 aliphatic carbocycles. The Hall–Kier alpha value is -2.79. The highest BCUT2D eigenvalue weighted by Gasteiger charge is 2.08. The number of aryl methyl sites for hydroxylation is 1. The number of hydrogen-bond acceptors (Lipinski definition) is 4. The van der Waals surface area contributed by atoms with E-state index in [2.05, 4.69) is 5.32 Å². The summed E-state index contributed by atoms with van der Waals surface area (Å²) < 4.78 is 0. The lowest BCUT2D eigenvalue weighted by Gasteiger charge is -2.06. The van der Waals surface area contributed by atoms with Crippen molar-refractivity contribution in [2.45, 2.75) is 6.92 Å². The number of carbonyl (C=O) groups is 1. The molecular formula is C12H9N3O2. The number of anilines is 1. The highest BCUT2D eigenvalue weighted by atomic mass is 16.4. The third-order valence-corrected chi connectivity index (χ3v) is 2.02. The molecule has 0 bridgehead atoms. The van der Waals surface area contributed by atoms with Gasteiger partial charge in [0.05, 0.1) is 11.3 Å². The number of hydrogen-bond donors (Lipinski definition) is 2. The lowest BCUT2D eigenvalue weighted by atomic mass is 10.1. The second kappa shape index (κ2) is 5.34. The summed E-state index contributed by atoms with van der Waals surface area (Å²) in [5.74, 6) is -1.07. The van der Waals surface area contributed by atoms with Crippen molar-refractivity contribution in [1.82, 2.24) is 0 Å². The summed E-state index contributed by atoms with van der Waals surface area (Å²) in [4.78, 5) is 10.9. The molecule has 0 aliphatic rings. The van der Waals surface area contributed by atoms with Gasteiger partial charge in [0.2, 0.25) is 0 Å². The Labute approximate surface area is 98.2 Å². The van der Waals surface area contributed by atoms with Crippen LogP contribution in [0, 0.1) is 29.6 Å². The van der Waals surface area contributed by atoms with Gasteiger partial charge in [0, 0.05) is 6.20 Å². The predicted octanol–water partition coefficient (Wildman–Crippen LogP) is 2.04. The first kappa shape index (κ1) is 12.3. The molecule has 17 heavy (non-hydrogen) atoms. The molecule has 0 spiro atoms. The van der Waals surface area contributed by atoms with Crippen molar-refractivity contribution in [1.29, 1.82) is 10.5 Å². The van der Waals surface area contributed by atoms with Gasteiger partial charge in [-0.25, -0.2) is 4.79 Å². The van der Waals surface area contributed by atoms with Gasteiger partial charge in [-0.1, -0.05) is 6.07 Å². The predicted molar refractivity (Wildman–Crippen MR) is 61.1 cm³/mol. The van der Waals surface area contributed by atoms with Crippen LogP contribution < -0.4 is 5.32 Å². The average Bonchev–Trinajstić information content (AvgIpc) is 2.30. The number of nitriles is 2. The standard InChI is InChI=1S/C12H9N3O2/c1-8-2-3-10(12(16)17)11(4-8)15-7-9(5-13)6-14/h2-4,7,15H,1H3,(H,16,17). The number of carboxylic acids is 1. The SMILES string of the molecule is Cc1ccc(C(=O)O)c(NC=C(C#N)C#N)c1. The van der Waals surface area contributed by atoms with E-state index in [0.717, 1.165) is 5.56 Å². The van der Waals surface area contributed by atoms with Crippen LogP contribution in [0.5, 0.6) is 0 Å². The average molecular weight is 227 g/mol. The highest BCUT2D eigenvalue weighted by molar-refractivity contribution is 5.94. The smallest absolute Gasteiger partial charge is 0.337 e. The first-order valence-electron chi connectivity index (χ1n) is 4.69. The van der Waals surface area contributed by atoms with Crippen LogP contribution in [0.1, 0.15) is 15.9 Å². The summed E-state index contributed by atoms with van der Waals surface area (Å²) in [6.07, 6.45) is 1.18. The number of allylic oxidation sites excluding steroid dienone is 1. The minimum atomic E-state index is -1.07. The maximum atomic E-state index is 10.9. The fourth-order valence-corrected chi connectivity index (χ4v) is 1.20. The number of rotatable bonds is 3. The minimum absolute atomic E-state index is 0.0853. The van der Waals surface area contributed by atoms with E-state index in [9.17, 15) is 4.79 Å². The molecule has 0 atom stereocenters. The van der Waals surface area contributed by atoms with Gasteiger partial charge < -0.3 is 10.4 Å². The number of carboxylic acid groups (broad SMARTS) is 1. The normalized spacial score (nSPS) is 8.65. The van der Waals surface area contributed by atoms with Gasteiger partial charge in [-0.3, -0.25) is 0 Å². The summed E-state index contributed by atoms with van der Waals surface area (Å²) in [6, 6.07) is 8.12. The third-order valence-electron chi connectivity index (χ3n) is 2.02. The molecule has 0 saturated carbocycles. The van der Waals surface area contributed by atoms with Crippen molar-refractivity contribution < 1.29 is 9.90 Å². The van der Waals surface area contributed by atoms with Crippen LogP contribution in [-0.2, 0) is 0 Å². The topological polar surface area (TPSA) is 96.9 Å². The van der Waals surface area contributed by atoms with Crippen LogP contribution in [0.3, 0.4) is 0 Å². The molecule has 0 heterocycles. The maximum absolute atomic E-state index is 10.9. The molecule has 0 fully saturated rings. The molecule has 84 valence electrons. The van der Waals surface area contributed by atoms with E-state index in [-0.39, 0.29) is 11.1 Å². The fraction of sp³-hybridized carbons (Fsp3) is 0.0833. The second-order valence-corrected chi connectivity index (χ2v) is 3.28. The maximum Gasteiger partial charge on any atom is 0.337 e. The first-order valence-corrected chi connectivity index (χ1v) is 4.69. The lowest BCUT2D eigenvalue weighted by Crippen LogP contribution is -2.02. The van der Waals surface area contributed by atoms with E-state index in [1.807, 2.05) is 6.92 Å². The quantitative estimate of drug-likeness (QED) is 0.770. The number of benzene rings is 1. The second-order valence-electron chi connectivity index (χ2n) is 3.28. The summed E-state index contributed by atoms with van der Waals surface area (Å²) in [5.41, 5.74) is 1.19. The number of nitrogens with zero attached hydrogens (tertiary/aromatic N) is 2. The Bertz CT molecular complexity index is 546. The van der Waals surface area contributed by atoms with Gasteiger partial charge in [-0.15, -0.1) is 0 Å². The van der Waals surface area contributed by atoms with Crippen molar-refractivity contribution in [2.75, 3.05) is 5.32 Å². The molecule has 5 nitrogen and oxygen atoms in total. The Balaban J connectivity index is 3.11. The summed E-state index contributed by atoms with van der Waals surface area (Å²) >= 11 is 0. The molecule has 2 N–H and O–H groups in total. The third kappa shape index (κ3) is 3.08. The zero-order valence-corrected chi connectivity index (χ0v) is 9.06. The van der Waals surface area contributed by atoms with Gasteiger partial charge >= 0.3 is 5.97 Å². The molecule has 5 heteroatoms. The molecule has 0 aliphatic heterocycles. The van der Waals surface area contributed by atoms with Gasteiger partial charge in [0.15, 0.2) is 0 Å². The minimum Gasteiger partial charge on any atom is -0.478 e. The zero-order chi connectivity index (χ0) is 12.8. The van der Waals surface area contributed by atoms with E-state index >= 15 is 0 Å². The van der Waals surface area contributed by atoms with Crippen molar-refractivity contribution in [3.8, 4) is 12.1 Å². The van der Waals surface area contributed by atoms with E-state index < -0.39 is 5.97 Å². The largest absolute Gasteiger partial charge is 0.478 e. The van der Waals surface area contributed by atoms with Gasteiger partial charge in [0.1, 0.15) is 17.7 Å². The molecule has 0 radical (unpaired) electrons. The van der Waals surface area contributed by atoms with E-state index in [1.54, 1.807) is 24.3 Å². The van der Waals surface area contributed by atoms with Crippen LogP contribution in [0.4, 0.5) is 5.69 Å². The molecule has 0 amide bonds. The Morgan fingerprint density at radius 2 is 2.06 bits per heavy atom. The van der Waals surface area contributed by atoms with Crippen molar-refractivity contribution in [2.24, 2.45) is 0 Å². The molecule has 0 aromatic heterocycles. The molecule has 1 rings (SSSR count). The number of nitrogens with one attached hydrogen (secondary N) is 1. The van der Waals surface area contributed by atoms with Crippen molar-refractivity contribution in [3.05, 3.63) is 41.1 Å².